The molecule has 6 nitrogen and oxygen atoms in total. The number of carbonyl (C=O) groups excluding carboxylic acids is 2. The molecule has 6 heteroatoms. The van der Waals surface area contributed by atoms with Crippen LogP contribution in [0.3, 0.4) is 0 Å². The van der Waals surface area contributed by atoms with Gasteiger partial charge in [0.1, 0.15) is 0 Å². The van der Waals surface area contributed by atoms with Crippen molar-refractivity contribution in [3.05, 3.63) is 48.6 Å². The molecule has 88 heavy (non-hydrogen) atoms. The van der Waals surface area contributed by atoms with E-state index in [1.165, 1.54) is 360 Å². The molecule has 0 aliphatic carbocycles. The fraction of sp³-hybridized carbons (Fsp3) is 0.878. The molecule has 0 heterocycles. The van der Waals surface area contributed by atoms with Crippen LogP contribution in [-0.2, 0) is 14.3 Å². The summed E-state index contributed by atoms with van der Waals surface area (Å²) in [4.78, 5) is 24.7. The fourth-order valence-corrected chi connectivity index (χ4v) is 12.5. The van der Waals surface area contributed by atoms with Crippen molar-refractivity contribution in [3.63, 3.8) is 0 Å². The summed E-state index contributed by atoms with van der Waals surface area (Å²) >= 11 is 0. The molecule has 518 valence electrons. The van der Waals surface area contributed by atoms with Crippen LogP contribution in [0.25, 0.3) is 0 Å². The van der Waals surface area contributed by atoms with Crippen LogP contribution in [0.1, 0.15) is 438 Å². The summed E-state index contributed by atoms with van der Waals surface area (Å²) in [5.41, 5.74) is 0. The molecule has 0 saturated heterocycles. The van der Waals surface area contributed by atoms with E-state index in [4.69, 9.17) is 4.74 Å². The molecule has 3 N–H and O–H groups in total. The lowest BCUT2D eigenvalue weighted by Gasteiger charge is -2.20. The SMILES string of the molecule is CCCCC/C=C\C/C=C\CCCCCCCCCC(=O)OCCCCCCCCCCCCCC/C=C\CCCCCCCCCCCCCCCC(=O)NC(CO)C(O)/C=C/CCCCCCCCCCCCCCCCCCCCCCCCC. The van der Waals surface area contributed by atoms with Crippen LogP contribution < -0.4 is 5.32 Å². The highest BCUT2D eigenvalue weighted by Gasteiger charge is 2.18. The number of rotatable bonds is 75. The lowest BCUT2D eigenvalue weighted by molar-refractivity contribution is -0.143. The largest absolute Gasteiger partial charge is 0.466 e. The van der Waals surface area contributed by atoms with E-state index in [1.807, 2.05) is 6.08 Å². The number of amides is 1. The van der Waals surface area contributed by atoms with Crippen molar-refractivity contribution < 1.29 is 24.5 Å². The Morgan fingerprint density at radius 3 is 0.898 bits per heavy atom. The van der Waals surface area contributed by atoms with Gasteiger partial charge in [-0.1, -0.05) is 383 Å². The molecule has 0 bridgehead atoms. The van der Waals surface area contributed by atoms with Gasteiger partial charge in [-0.15, -0.1) is 0 Å². The Bertz CT molecular complexity index is 1470. The Hall–Kier alpha value is -2.18. The topological polar surface area (TPSA) is 95.9 Å². The number of allylic oxidation sites excluding steroid dienone is 7. The van der Waals surface area contributed by atoms with Gasteiger partial charge in [-0.25, -0.2) is 0 Å². The van der Waals surface area contributed by atoms with Crippen LogP contribution in [0.2, 0.25) is 0 Å². The minimum Gasteiger partial charge on any atom is -0.466 e. The second-order valence-electron chi connectivity index (χ2n) is 27.4. The molecule has 2 unspecified atom stereocenters. The van der Waals surface area contributed by atoms with Crippen molar-refractivity contribution in [3.8, 4) is 0 Å². The lowest BCUT2D eigenvalue weighted by atomic mass is 10.0. The smallest absolute Gasteiger partial charge is 0.305 e. The lowest BCUT2D eigenvalue weighted by Crippen LogP contribution is -2.45. The average molecular weight is 1240 g/mol. The van der Waals surface area contributed by atoms with Crippen LogP contribution in [-0.4, -0.2) is 47.4 Å². The summed E-state index contributed by atoms with van der Waals surface area (Å²) in [5, 5.41) is 23.3. The first-order chi connectivity index (χ1) is 43.5. The average Bonchev–Trinajstić information content (AvgIpc) is 3.58. The van der Waals surface area contributed by atoms with E-state index in [1.54, 1.807) is 6.08 Å². The van der Waals surface area contributed by atoms with Crippen molar-refractivity contribution in [2.45, 2.75) is 450 Å². The first-order valence-electron chi connectivity index (χ1n) is 39.9. The molecule has 0 aliphatic rings. The Kier molecular flexibility index (Phi) is 75.4. The van der Waals surface area contributed by atoms with Gasteiger partial charge in [0.25, 0.3) is 0 Å². The van der Waals surface area contributed by atoms with Gasteiger partial charge >= 0.3 is 5.97 Å². The number of carbonyl (C=O) groups is 2. The summed E-state index contributed by atoms with van der Waals surface area (Å²) < 4.78 is 5.50. The summed E-state index contributed by atoms with van der Waals surface area (Å²) in [6.07, 6.45) is 102. The molecule has 0 spiro atoms. The fourth-order valence-electron chi connectivity index (χ4n) is 12.5. The number of hydrogen-bond donors (Lipinski definition) is 3. The predicted molar refractivity (Wildman–Crippen MR) is 389 cm³/mol. The van der Waals surface area contributed by atoms with Crippen LogP contribution in [0.15, 0.2) is 48.6 Å². The van der Waals surface area contributed by atoms with Crippen LogP contribution in [0.4, 0.5) is 0 Å². The van der Waals surface area contributed by atoms with E-state index >= 15 is 0 Å². The van der Waals surface area contributed by atoms with Gasteiger partial charge in [-0.3, -0.25) is 9.59 Å². The van der Waals surface area contributed by atoms with E-state index < -0.39 is 12.1 Å². The van der Waals surface area contributed by atoms with Gasteiger partial charge in [-0.05, 0) is 89.9 Å². The van der Waals surface area contributed by atoms with E-state index in [2.05, 4.69) is 55.6 Å². The third-order valence-corrected chi connectivity index (χ3v) is 18.6. The van der Waals surface area contributed by atoms with E-state index in [0.717, 1.165) is 51.4 Å². The van der Waals surface area contributed by atoms with Gasteiger partial charge in [0.05, 0.1) is 25.4 Å². The van der Waals surface area contributed by atoms with Gasteiger partial charge in [0.2, 0.25) is 5.91 Å². The maximum atomic E-state index is 12.6. The summed E-state index contributed by atoms with van der Waals surface area (Å²) in [7, 11) is 0. The molecular formula is C82H155NO5. The maximum absolute atomic E-state index is 12.6. The highest BCUT2D eigenvalue weighted by Crippen LogP contribution is 2.19. The standard InChI is InChI=1S/C82H155NO5/c1-3-5-7-9-11-13-15-17-19-21-22-23-24-30-33-36-39-43-46-50-54-58-62-66-70-74-80(85)79(78-84)83-81(86)75-71-67-63-59-55-51-47-44-40-37-34-31-28-26-25-27-29-32-35-38-41-45-49-53-57-61-65-69-73-77-88-82(87)76-72-68-64-60-56-52-48-42-20-18-16-14-12-10-8-6-4-2/h12,14,18,20,25,27,70,74,79-80,84-85H,3-11,13,15-17,19,21-24,26,28-69,71-73,75-78H2,1-2H3,(H,83,86)/b14-12-,20-18-,27-25-,74-70+. The molecule has 0 fully saturated rings. The minimum atomic E-state index is -0.846. The van der Waals surface area contributed by atoms with E-state index in [0.29, 0.717) is 19.4 Å². The molecular weight excluding hydrogens is 1080 g/mol. The Balaban J connectivity index is 3.40. The number of ether oxygens (including phenoxy) is 1. The zero-order valence-electron chi connectivity index (χ0n) is 59.5. The van der Waals surface area contributed by atoms with Crippen molar-refractivity contribution >= 4 is 11.9 Å². The van der Waals surface area contributed by atoms with Crippen LogP contribution >= 0.6 is 0 Å². The maximum Gasteiger partial charge on any atom is 0.305 e. The van der Waals surface area contributed by atoms with E-state index in [-0.39, 0.29) is 18.5 Å². The number of aliphatic hydroxyl groups is 2. The minimum absolute atomic E-state index is 0.00896. The number of hydrogen-bond acceptors (Lipinski definition) is 5. The van der Waals surface area contributed by atoms with Crippen molar-refractivity contribution in [1.82, 2.24) is 5.32 Å². The molecule has 0 aliphatic heterocycles. The molecule has 0 aromatic carbocycles. The molecule has 0 aromatic rings. The second-order valence-corrected chi connectivity index (χ2v) is 27.4. The second kappa shape index (κ2) is 77.3. The first-order valence-corrected chi connectivity index (χ1v) is 39.9. The molecule has 2 atom stereocenters. The Labute approximate surface area is 550 Å². The van der Waals surface area contributed by atoms with Gasteiger partial charge in [0, 0.05) is 12.8 Å². The Morgan fingerprint density at radius 2 is 0.568 bits per heavy atom. The third-order valence-electron chi connectivity index (χ3n) is 18.6. The van der Waals surface area contributed by atoms with Crippen molar-refractivity contribution in [2.75, 3.05) is 13.2 Å². The molecule has 0 saturated carbocycles. The van der Waals surface area contributed by atoms with E-state index in [9.17, 15) is 19.8 Å². The summed E-state index contributed by atoms with van der Waals surface area (Å²) in [5.74, 6) is -0.0536. The predicted octanol–water partition coefficient (Wildman–Crippen LogP) is 26.4. The zero-order valence-corrected chi connectivity index (χ0v) is 59.5. The van der Waals surface area contributed by atoms with Gasteiger partial charge < -0.3 is 20.3 Å². The van der Waals surface area contributed by atoms with Crippen LogP contribution in [0.5, 0.6) is 0 Å². The van der Waals surface area contributed by atoms with Crippen molar-refractivity contribution in [2.24, 2.45) is 0 Å². The molecule has 1 amide bonds. The number of nitrogens with one attached hydrogen (secondary N) is 1. The summed E-state index contributed by atoms with van der Waals surface area (Å²) in [6, 6.07) is -0.630. The number of esters is 1. The van der Waals surface area contributed by atoms with Crippen LogP contribution in [0, 0.1) is 0 Å². The van der Waals surface area contributed by atoms with Gasteiger partial charge in [0.15, 0.2) is 0 Å². The zero-order chi connectivity index (χ0) is 63.5. The monoisotopic (exact) mass is 1230 g/mol. The van der Waals surface area contributed by atoms with Crippen molar-refractivity contribution in [1.29, 1.82) is 0 Å². The molecule has 0 rings (SSSR count). The molecule has 0 radical (unpaired) electrons. The normalized spacial score (nSPS) is 12.7. The summed E-state index contributed by atoms with van der Waals surface area (Å²) in [6.45, 7) is 4.92. The highest BCUT2D eigenvalue weighted by molar-refractivity contribution is 5.76. The quantitative estimate of drug-likeness (QED) is 0.0320. The van der Waals surface area contributed by atoms with Gasteiger partial charge in [-0.2, -0.15) is 0 Å². The molecule has 0 aromatic heterocycles. The Morgan fingerprint density at radius 1 is 0.318 bits per heavy atom. The highest BCUT2D eigenvalue weighted by atomic mass is 16.5. The third kappa shape index (κ3) is 72.9. The number of aliphatic hydroxyl groups excluding tert-OH is 2. The first kappa shape index (κ1) is 85.8. The number of unbranched alkanes of at least 4 members (excludes halogenated alkanes) is 58.